The molecule has 0 aliphatic carbocycles. The van der Waals surface area contributed by atoms with Crippen LogP contribution in [0.15, 0.2) is 36.4 Å². The predicted molar refractivity (Wildman–Crippen MR) is 53.4 cm³/mol. The Hall–Kier alpha value is -2.11. The number of rotatable bonds is 0. The van der Waals surface area contributed by atoms with Gasteiger partial charge in [0.2, 0.25) is 0 Å². The van der Waals surface area contributed by atoms with E-state index in [9.17, 15) is 17.3 Å². The molecule has 1 aromatic carbocycles. The highest BCUT2D eigenvalue weighted by atomic mass is 19.5. The van der Waals surface area contributed by atoms with Gasteiger partial charge in [-0.25, -0.2) is 0 Å². The average Bonchev–Trinajstić information content (AvgIpc) is 2.20. The van der Waals surface area contributed by atoms with Crippen molar-refractivity contribution in [2.24, 2.45) is 0 Å². The van der Waals surface area contributed by atoms with Gasteiger partial charge in [-0.05, 0) is 0 Å². The van der Waals surface area contributed by atoms with Crippen molar-refractivity contribution in [3.63, 3.8) is 0 Å². The van der Waals surface area contributed by atoms with E-state index >= 15 is 0 Å². The highest BCUT2D eigenvalue weighted by Crippen LogP contribution is 2.06. The smallest absolute Gasteiger partial charge is 0.481 e. The van der Waals surface area contributed by atoms with Crippen LogP contribution in [0.4, 0.5) is 17.3 Å². The molecule has 0 amide bonds. The Balaban J connectivity index is -0.000000165. The standard InChI is InChI=1S/C6H6.C2H4O2.BF4.N2/c1-2-4-6-5-3-1;1-2(3)4;2-1(3,4)5;1-2/h1-6H;1H3,(H,3,4);;/q;;-1;. The summed E-state index contributed by atoms with van der Waals surface area (Å²) in [6.07, 6.45) is 0. The minimum Gasteiger partial charge on any atom is -0.481 e. The number of carbonyl (C=O) groups is 1. The molecule has 0 radical (unpaired) electrons. The van der Waals surface area contributed by atoms with Crippen LogP contribution in [0.3, 0.4) is 0 Å². The minimum absolute atomic E-state index is 0.833. The van der Waals surface area contributed by atoms with Crippen molar-refractivity contribution in [3.8, 4) is 0 Å². The molecule has 4 nitrogen and oxygen atoms in total. The number of hydrogen-bond acceptors (Lipinski definition) is 3. The van der Waals surface area contributed by atoms with E-state index < -0.39 is 13.2 Å². The Kier molecular flexibility index (Phi) is 16.6. The molecule has 0 aliphatic heterocycles. The zero-order valence-corrected chi connectivity index (χ0v) is 8.80. The molecule has 0 heterocycles. The maximum absolute atomic E-state index is 9.75. The number of aliphatic carboxylic acids is 1. The van der Waals surface area contributed by atoms with Gasteiger partial charge in [0.25, 0.3) is 5.97 Å². The largest absolute Gasteiger partial charge is 0.673 e. The lowest BCUT2D eigenvalue weighted by atomic mass is 10.3. The summed E-state index contributed by atoms with van der Waals surface area (Å²) in [5.74, 6) is -0.833. The van der Waals surface area contributed by atoms with Gasteiger partial charge in [0.05, 0.1) is 0 Å². The van der Waals surface area contributed by atoms with Crippen molar-refractivity contribution in [1.29, 1.82) is 10.8 Å². The van der Waals surface area contributed by atoms with Crippen LogP contribution in [0.25, 0.3) is 0 Å². The number of halogens is 4. The van der Waals surface area contributed by atoms with Crippen LogP contribution in [0.5, 0.6) is 0 Å². The van der Waals surface area contributed by atoms with Crippen molar-refractivity contribution in [2.45, 2.75) is 6.92 Å². The van der Waals surface area contributed by atoms with Gasteiger partial charge in [-0.3, -0.25) is 4.79 Å². The van der Waals surface area contributed by atoms with Crippen LogP contribution in [0.1, 0.15) is 6.92 Å². The molecule has 0 atom stereocenters. The molecule has 0 saturated carbocycles. The van der Waals surface area contributed by atoms with Crippen molar-refractivity contribution in [2.75, 3.05) is 0 Å². The fraction of sp³-hybridized carbons (Fsp3) is 0.125. The van der Waals surface area contributed by atoms with Gasteiger partial charge in [-0.2, -0.15) is 0 Å². The lowest BCUT2D eigenvalue weighted by Crippen LogP contribution is -2.02. The van der Waals surface area contributed by atoms with E-state index in [0.29, 0.717) is 0 Å². The van der Waals surface area contributed by atoms with Crippen molar-refractivity contribution < 1.29 is 27.2 Å². The molecule has 1 rings (SSSR count). The SMILES string of the molecule is CC(=O)O.F[B-](F)(F)F.N#N.c1ccccc1. The van der Waals surface area contributed by atoms with Crippen molar-refractivity contribution >= 4 is 13.2 Å². The van der Waals surface area contributed by atoms with E-state index in [1.165, 1.54) is 0 Å². The van der Waals surface area contributed by atoms with E-state index in [-0.39, 0.29) is 0 Å². The van der Waals surface area contributed by atoms with E-state index in [0.717, 1.165) is 6.92 Å². The highest BCUT2D eigenvalue weighted by molar-refractivity contribution is 6.50. The van der Waals surface area contributed by atoms with Crippen LogP contribution in [-0.2, 0) is 4.79 Å². The Morgan fingerprint density at radius 3 is 1.06 bits per heavy atom. The zero-order chi connectivity index (χ0) is 14.3. The maximum atomic E-state index is 9.75. The molecule has 96 valence electrons. The quantitative estimate of drug-likeness (QED) is 0.437. The van der Waals surface area contributed by atoms with Crippen molar-refractivity contribution in [1.82, 2.24) is 0 Å². The molecule has 0 aromatic heterocycles. The van der Waals surface area contributed by atoms with E-state index in [1.54, 1.807) is 0 Å². The molecule has 0 spiro atoms. The number of nitrogens with zero attached hydrogens (tertiary/aromatic N) is 2. The number of benzene rings is 1. The molecule has 1 N–H and O–H groups in total. The molecule has 0 fully saturated rings. The molecule has 9 heteroatoms. The molecule has 0 aliphatic rings. The predicted octanol–water partition coefficient (Wildman–Crippen LogP) is 3.11. The van der Waals surface area contributed by atoms with Gasteiger partial charge in [-0.15, -0.1) is 0 Å². The van der Waals surface area contributed by atoms with Gasteiger partial charge >= 0.3 is 7.25 Å². The van der Waals surface area contributed by atoms with Gasteiger partial charge in [0, 0.05) is 17.7 Å². The first kappa shape index (κ1) is 20.3. The van der Waals surface area contributed by atoms with E-state index in [1.807, 2.05) is 36.4 Å². The second kappa shape index (κ2) is 13.9. The molecular weight excluding hydrogens is 243 g/mol. The summed E-state index contributed by atoms with van der Waals surface area (Å²) in [5.41, 5.74) is 0. The highest BCUT2D eigenvalue weighted by Gasteiger charge is 2.20. The van der Waals surface area contributed by atoms with Gasteiger partial charge in [0.1, 0.15) is 0 Å². The summed E-state index contributed by atoms with van der Waals surface area (Å²) in [4.78, 5) is 9.00. The zero-order valence-electron chi connectivity index (χ0n) is 8.80. The Bertz CT molecular complexity index is 256. The monoisotopic (exact) mass is 253 g/mol. The van der Waals surface area contributed by atoms with Gasteiger partial charge in [0.15, 0.2) is 0 Å². The lowest BCUT2D eigenvalue weighted by molar-refractivity contribution is -0.134. The van der Waals surface area contributed by atoms with Crippen LogP contribution < -0.4 is 0 Å². The second-order valence-corrected chi connectivity index (χ2v) is 2.17. The molecule has 0 bridgehead atoms. The molecule has 17 heavy (non-hydrogen) atoms. The second-order valence-electron chi connectivity index (χ2n) is 2.17. The molecule has 0 unspecified atom stereocenters. The molecule has 1 aromatic rings. The van der Waals surface area contributed by atoms with Gasteiger partial charge in [-0.1, -0.05) is 36.4 Å². The van der Waals surface area contributed by atoms with Crippen LogP contribution in [0.2, 0.25) is 0 Å². The molecule has 0 saturated heterocycles. The first-order valence-electron chi connectivity index (χ1n) is 4.00. The topological polar surface area (TPSA) is 84.9 Å². The maximum Gasteiger partial charge on any atom is 0.673 e. The summed E-state index contributed by atoms with van der Waals surface area (Å²) >= 11 is 0. The Morgan fingerprint density at radius 1 is 0.941 bits per heavy atom. The fourth-order valence-corrected chi connectivity index (χ4v) is 0.385. The summed E-state index contributed by atoms with van der Waals surface area (Å²) in [6, 6.07) is 12.0. The molecular formula is C8H10BF4N2O2-. The van der Waals surface area contributed by atoms with Crippen LogP contribution in [0, 0.1) is 10.8 Å². The first-order chi connectivity index (χ1) is 7.73. The van der Waals surface area contributed by atoms with Crippen LogP contribution in [-0.4, -0.2) is 18.3 Å². The number of hydrogen-bond donors (Lipinski definition) is 1. The fourth-order valence-electron chi connectivity index (χ4n) is 0.385. The third kappa shape index (κ3) is 130. The Morgan fingerprint density at radius 2 is 1.00 bits per heavy atom. The average molecular weight is 253 g/mol. The third-order valence-electron chi connectivity index (χ3n) is 0.667. The summed E-state index contributed by atoms with van der Waals surface area (Å²) < 4.78 is 39.0. The summed E-state index contributed by atoms with van der Waals surface area (Å²) in [6.45, 7) is 1.08. The van der Waals surface area contributed by atoms with Gasteiger partial charge < -0.3 is 22.4 Å². The van der Waals surface area contributed by atoms with E-state index in [4.69, 9.17) is 20.7 Å². The van der Waals surface area contributed by atoms with Crippen LogP contribution >= 0.6 is 0 Å². The number of carboxylic acids is 1. The first-order valence-corrected chi connectivity index (χ1v) is 4.00. The third-order valence-corrected chi connectivity index (χ3v) is 0.667. The Labute approximate surface area is 95.4 Å². The summed E-state index contributed by atoms with van der Waals surface area (Å²) in [7, 11) is -6.00. The summed E-state index contributed by atoms with van der Waals surface area (Å²) in [5, 5.41) is 19.4. The number of carboxylic acid groups (broad SMARTS) is 1. The minimum atomic E-state index is -6.00. The lowest BCUT2D eigenvalue weighted by Gasteiger charge is -1.94. The van der Waals surface area contributed by atoms with Crippen molar-refractivity contribution in [3.05, 3.63) is 36.4 Å². The normalized spacial score (nSPS) is 7.94. The van der Waals surface area contributed by atoms with E-state index in [2.05, 4.69) is 0 Å².